The van der Waals surface area contributed by atoms with E-state index in [1.807, 2.05) is 26.0 Å². The van der Waals surface area contributed by atoms with Crippen molar-refractivity contribution in [2.24, 2.45) is 0 Å². The summed E-state index contributed by atoms with van der Waals surface area (Å²) in [5, 5.41) is 2.78. The first-order valence-electron chi connectivity index (χ1n) is 6.42. The van der Waals surface area contributed by atoms with Gasteiger partial charge in [0.15, 0.2) is 0 Å². The number of carbonyl (C=O) groups is 1. The van der Waals surface area contributed by atoms with Crippen molar-refractivity contribution in [1.82, 2.24) is 9.97 Å². The molecule has 0 aliphatic rings. The smallest absolute Gasteiger partial charge is 0.274 e. The Bertz CT molecular complexity index is 594. The minimum Gasteiger partial charge on any atom is -0.491 e. The molecule has 0 saturated carbocycles. The number of carbonyl (C=O) groups excluding carboxylic acids is 1. The molecule has 0 saturated heterocycles. The van der Waals surface area contributed by atoms with E-state index in [0.717, 1.165) is 5.75 Å². The number of hydrogen-bond donors (Lipinski definition) is 1. The molecule has 2 rings (SSSR count). The second kappa shape index (κ2) is 6.14. The molecule has 0 atom stereocenters. The van der Waals surface area contributed by atoms with Gasteiger partial charge in [-0.15, -0.1) is 0 Å². The molecule has 5 nitrogen and oxygen atoms in total. The molecule has 0 fully saturated rings. The van der Waals surface area contributed by atoms with Crippen molar-refractivity contribution in [3.8, 4) is 5.75 Å². The maximum Gasteiger partial charge on any atom is 0.274 e. The molecule has 0 unspecified atom stereocenters. The van der Waals surface area contributed by atoms with Gasteiger partial charge in [-0.2, -0.15) is 0 Å². The minimum atomic E-state index is -0.256. The molecule has 104 valence electrons. The molecule has 1 aromatic heterocycles. The fourth-order valence-corrected chi connectivity index (χ4v) is 1.67. The lowest BCUT2D eigenvalue weighted by Crippen LogP contribution is -2.14. The molecule has 0 spiro atoms. The van der Waals surface area contributed by atoms with Crippen LogP contribution in [0.4, 0.5) is 5.69 Å². The Balaban J connectivity index is 2.04. The van der Waals surface area contributed by atoms with Crippen LogP contribution in [0.1, 0.15) is 30.2 Å². The van der Waals surface area contributed by atoms with Crippen LogP contribution >= 0.6 is 0 Å². The topological polar surface area (TPSA) is 64.1 Å². The second-order valence-electron chi connectivity index (χ2n) is 4.63. The highest BCUT2D eigenvalue weighted by atomic mass is 16.5. The maximum absolute atomic E-state index is 12.0. The zero-order valence-electron chi connectivity index (χ0n) is 11.8. The zero-order valence-corrected chi connectivity index (χ0v) is 11.8. The van der Waals surface area contributed by atoms with Gasteiger partial charge >= 0.3 is 0 Å². The molecule has 5 heteroatoms. The first-order chi connectivity index (χ1) is 9.54. The van der Waals surface area contributed by atoms with Gasteiger partial charge in [-0.3, -0.25) is 4.79 Å². The van der Waals surface area contributed by atoms with Gasteiger partial charge in [-0.1, -0.05) is 0 Å². The highest BCUT2D eigenvalue weighted by Crippen LogP contribution is 2.17. The highest BCUT2D eigenvalue weighted by Gasteiger charge is 2.08. The molecule has 1 aromatic carbocycles. The summed E-state index contributed by atoms with van der Waals surface area (Å²) in [5.74, 6) is 1.09. The van der Waals surface area contributed by atoms with Gasteiger partial charge in [0.2, 0.25) is 0 Å². The van der Waals surface area contributed by atoms with Crippen molar-refractivity contribution < 1.29 is 9.53 Å². The molecule has 2 aromatic rings. The average Bonchev–Trinajstić information content (AvgIpc) is 2.40. The molecule has 20 heavy (non-hydrogen) atoms. The number of ether oxygens (including phenoxy) is 1. The Morgan fingerprint density at radius 3 is 2.50 bits per heavy atom. The van der Waals surface area contributed by atoms with Crippen LogP contribution < -0.4 is 10.1 Å². The van der Waals surface area contributed by atoms with Crippen LogP contribution in [0.2, 0.25) is 0 Å². The number of anilines is 1. The van der Waals surface area contributed by atoms with Gasteiger partial charge in [0.25, 0.3) is 5.91 Å². The van der Waals surface area contributed by atoms with Crippen LogP contribution in [0.5, 0.6) is 5.75 Å². The van der Waals surface area contributed by atoms with Crippen molar-refractivity contribution in [3.05, 3.63) is 48.0 Å². The van der Waals surface area contributed by atoms with E-state index >= 15 is 0 Å². The van der Waals surface area contributed by atoms with E-state index in [1.54, 1.807) is 31.3 Å². The molecular formula is C15H17N3O2. The van der Waals surface area contributed by atoms with Gasteiger partial charge in [0, 0.05) is 11.9 Å². The minimum absolute atomic E-state index is 0.124. The number of aryl methyl sites for hydroxylation is 1. The van der Waals surface area contributed by atoms with Crippen molar-refractivity contribution in [1.29, 1.82) is 0 Å². The third-order valence-corrected chi connectivity index (χ3v) is 2.49. The number of nitrogens with one attached hydrogen (secondary N) is 1. The van der Waals surface area contributed by atoms with E-state index in [0.29, 0.717) is 17.2 Å². The predicted molar refractivity (Wildman–Crippen MR) is 76.9 cm³/mol. The van der Waals surface area contributed by atoms with E-state index < -0.39 is 0 Å². The third-order valence-electron chi connectivity index (χ3n) is 2.49. The van der Waals surface area contributed by atoms with Crippen molar-refractivity contribution in [2.45, 2.75) is 26.9 Å². The van der Waals surface area contributed by atoms with Crippen LogP contribution in [-0.2, 0) is 0 Å². The Hall–Kier alpha value is -2.43. The lowest BCUT2D eigenvalue weighted by atomic mass is 10.3. The van der Waals surface area contributed by atoms with Crippen molar-refractivity contribution in [2.75, 3.05) is 5.32 Å². The monoisotopic (exact) mass is 271 g/mol. The molecule has 1 N–H and O–H groups in total. The average molecular weight is 271 g/mol. The summed E-state index contributed by atoms with van der Waals surface area (Å²) < 4.78 is 5.54. The van der Waals surface area contributed by atoms with Crippen molar-refractivity contribution in [3.63, 3.8) is 0 Å². The van der Waals surface area contributed by atoms with Gasteiger partial charge in [0.1, 0.15) is 17.3 Å². The maximum atomic E-state index is 12.0. The fourth-order valence-electron chi connectivity index (χ4n) is 1.67. The van der Waals surface area contributed by atoms with E-state index in [-0.39, 0.29) is 12.0 Å². The number of hydrogen-bond acceptors (Lipinski definition) is 4. The number of rotatable bonds is 4. The third kappa shape index (κ3) is 3.78. The Labute approximate surface area is 118 Å². The standard InChI is InChI=1S/C15H17N3O2/c1-10(2)20-13-6-4-12(5-7-13)18-15(19)14-8-9-16-11(3)17-14/h4-10H,1-3H3,(H,18,19). The molecule has 1 heterocycles. The van der Waals surface area contributed by atoms with E-state index in [9.17, 15) is 4.79 Å². The lowest BCUT2D eigenvalue weighted by Gasteiger charge is -2.10. The summed E-state index contributed by atoms with van der Waals surface area (Å²) in [6.07, 6.45) is 1.69. The summed E-state index contributed by atoms with van der Waals surface area (Å²) in [7, 11) is 0. The lowest BCUT2D eigenvalue weighted by molar-refractivity contribution is 0.102. The molecule has 0 aliphatic carbocycles. The van der Waals surface area contributed by atoms with Crippen LogP contribution in [0.3, 0.4) is 0 Å². The van der Waals surface area contributed by atoms with Crippen molar-refractivity contribution >= 4 is 11.6 Å². The number of aromatic nitrogens is 2. The molecule has 1 amide bonds. The van der Waals surface area contributed by atoms with E-state index in [2.05, 4.69) is 15.3 Å². The quantitative estimate of drug-likeness (QED) is 0.928. The van der Waals surface area contributed by atoms with Gasteiger partial charge < -0.3 is 10.1 Å². The summed E-state index contributed by atoms with van der Waals surface area (Å²) in [5.41, 5.74) is 1.04. The second-order valence-corrected chi connectivity index (χ2v) is 4.63. The first-order valence-corrected chi connectivity index (χ1v) is 6.42. The zero-order chi connectivity index (χ0) is 14.5. The first kappa shape index (κ1) is 14.0. The number of amides is 1. The predicted octanol–water partition coefficient (Wildman–Crippen LogP) is 2.82. The van der Waals surface area contributed by atoms with Crippen LogP contribution in [-0.4, -0.2) is 22.0 Å². The van der Waals surface area contributed by atoms with E-state index in [1.165, 1.54) is 0 Å². The summed E-state index contributed by atoms with van der Waals surface area (Å²) in [6, 6.07) is 8.81. The van der Waals surface area contributed by atoms with Crippen LogP contribution in [0.15, 0.2) is 36.5 Å². The van der Waals surface area contributed by atoms with Crippen LogP contribution in [0, 0.1) is 6.92 Å². The molecule has 0 bridgehead atoms. The highest BCUT2D eigenvalue weighted by molar-refractivity contribution is 6.02. The molecular weight excluding hydrogens is 254 g/mol. The van der Waals surface area contributed by atoms with E-state index in [4.69, 9.17) is 4.74 Å². The normalized spacial score (nSPS) is 10.4. The summed E-state index contributed by atoms with van der Waals surface area (Å²) >= 11 is 0. The number of nitrogens with zero attached hydrogens (tertiary/aromatic N) is 2. The SMILES string of the molecule is Cc1nccc(C(=O)Nc2ccc(OC(C)C)cc2)n1. The Morgan fingerprint density at radius 1 is 1.20 bits per heavy atom. The van der Waals surface area contributed by atoms with Gasteiger partial charge in [0.05, 0.1) is 6.10 Å². The Kier molecular flexibility index (Phi) is 4.30. The van der Waals surface area contributed by atoms with Crippen LogP contribution in [0.25, 0.3) is 0 Å². The fraction of sp³-hybridized carbons (Fsp3) is 0.267. The Morgan fingerprint density at radius 2 is 1.90 bits per heavy atom. The number of benzene rings is 1. The van der Waals surface area contributed by atoms with Gasteiger partial charge in [-0.25, -0.2) is 9.97 Å². The summed E-state index contributed by atoms with van der Waals surface area (Å²) in [4.78, 5) is 20.0. The van der Waals surface area contributed by atoms with Gasteiger partial charge in [-0.05, 0) is 51.1 Å². The summed E-state index contributed by atoms with van der Waals surface area (Å²) in [6.45, 7) is 5.68. The molecule has 0 radical (unpaired) electrons. The largest absolute Gasteiger partial charge is 0.491 e. The molecule has 0 aliphatic heterocycles.